The normalized spacial score (nSPS) is 25.0. The maximum absolute atomic E-state index is 11.4. The average Bonchev–Trinajstić information content (AvgIpc) is 3.07. The Labute approximate surface area is 203 Å². The SMILES string of the molecule is CC(C)Oc1ccc([C@H]2OC3(CCOCC3)c3c2c(C(C)C)nc2c3[C@@H](O)CC(C)(C)C2)cc1. The van der Waals surface area contributed by atoms with Gasteiger partial charge < -0.3 is 19.3 Å². The minimum absolute atomic E-state index is 0.0237. The Bertz CT molecular complexity index is 1050. The summed E-state index contributed by atoms with van der Waals surface area (Å²) in [4.78, 5) is 5.25. The van der Waals surface area contributed by atoms with E-state index in [1.807, 2.05) is 26.0 Å². The third-order valence-electron chi connectivity index (χ3n) is 7.57. The maximum Gasteiger partial charge on any atom is 0.119 e. The number of aliphatic hydroxyl groups is 1. The molecular formula is C29H39NO4. The summed E-state index contributed by atoms with van der Waals surface area (Å²) in [5.41, 5.74) is 6.27. The Kier molecular flexibility index (Phi) is 6.02. The van der Waals surface area contributed by atoms with Crippen molar-refractivity contribution in [3.8, 4) is 5.75 Å². The molecule has 1 aliphatic carbocycles. The van der Waals surface area contributed by atoms with Crippen LogP contribution < -0.4 is 4.74 Å². The van der Waals surface area contributed by atoms with Gasteiger partial charge in [0.2, 0.25) is 0 Å². The zero-order valence-corrected chi connectivity index (χ0v) is 21.5. The van der Waals surface area contributed by atoms with Crippen LogP contribution in [-0.2, 0) is 21.5 Å². The molecule has 5 rings (SSSR count). The van der Waals surface area contributed by atoms with Gasteiger partial charge >= 0.3 is 0 Å². The van der Waals surface area contributed by atoms with Crippen LogP contribution in [0.15, 0.2) is 24.3 Å². The van der Waals surface area contributed by atoms with Crippen LogP contribution in [0, 0.1) is 5.41 Å². The molecule has 5 nitrogen and oxygen atoms in total. The predicted molar refractivity (Wildman–Crippen MR) is 132 cm³/mol. The highest BCUT2D eigenvalue weighted by atomic mass is 16.5. The van der Waals surface area contributed by atoms with Crippen molar-refractivity contribution in [1.29, 1.82) is 0 Å². The summed E-state index contributed by atoms with van der Waals surface area (Å²) in [5, 5.41) is 11.4. The number of nitrogens with zero attached hydrogens (tertiary/aromatic N) is 1. The lowest BCUT2D eigenvalue weighted by Gasteiger charge is -2.40. The van der Waals surface area contributed by atoms with Crippen LogP contribution in [0.4, 0.5) is 0 Å². The number of hydrogen-bond donors (Lipinski definition) is 1. The standard InChI is InChI=1S/C29H39NO4/c1-17(2)26-24-25(23-21(30-26)15-28(5,6)16-22(23)31)29(11-13-32-14-12-29)34-27(24)19-7-9-20(10-8-19)33-18(3)4/h7-10,17-18,22,27,31H,11-16H2,1-6H3/t22-,27+/m0/s1. The number of hydrogen-bond acceptors (Lipinski definition) is 5. The van der Waals surface area contributed by atoms with Crippen LogP contribution in [0.2, 0.25) is 0 Å². The van der Waals surface area contributed by atoms with E-state index in [-0.39, 0.29) is 23.5 Å². The second-order valence-electron chi connectivity index (χ2n) is 11.7. The molecule has 3 aliphatic rings. The van der Waals surface area contributed by atoms with Gasteiger partial charge in [-0.2, -0.15) is 0 Å². The first-order valence-corrected chi connectivity index (χ1v) is 12.9. The molecule has 1 aromatic heterocycles. The molecular weight excluding hydrogens is 426 g/mol. The zero-order valence-electron chi connectivity index (χ0n) is 21.5. The van der Waals surface area contributed by atoms with Crippen LogP contribution in [0.25, 0.3) is 0 Å². The second kappa shape index (κ2) is 8.61. The van der Waals surface area contributed by atoms with Gasteiger partial charge in [0.1, 0.15) is 11.9 Å². The summed E-state index contributed by atoms with van der Waals surface area (Å²) in [6.07, 6.45) is 2.63. The number of aromatic nitrogens is 1. The summed E-state index contributed by atoms with van der Waals surface area (Å²) in [6.45, 7) is 14.3. The summed E-state index contributed by atoms with van der Waals surface area (Å²) in [7, 11) is 0. The van der Waals surface area contributed by atoms with Crippen molar-refractivity contribution in [2.24, 2.45) is 5.41 Å². The molecule has 1 N–H and O–H groups in total. The number of rotatable bonds is 4. The van der Waals surface area contributed by atoms with E-state index in [9.17, 15) is 5.11 Å². The van der Waals surface area contributed by atoms with Crippen LogP contribution >= 0.6 is 0 Å². The van der Waals surface area contributed by atoms with Gasteiger partial charge in [0, 0.05) is 48.6 Å². The second-order valence-corrected chi connectivity index (χ2v) is 11.7. The van der Waals surface area contributed by atoms with Crippen LogP contribution in [0.1, 0.15) is 113 Å². The molecule has 1 spiro atoms. The van der Waals surface area contributed by atoms with Crippen LogP contribution in [0.5, 0.6) is 5.75 Å². The number of pyridine rings is 1. The molecule has 1 saturated heterocycles. The minimum Gasteiger partial charge on any atom is -0.491 e. The monoisotopic (exact) mass is 465 g/mol. The lowest BCUT2D eigenvalue weighted by Crippen LogP contribution is -2.37. The van der Waals surface area contributed by atoms with Crippen LogP contribution in [0.3, 0.4) is 0 Å². The molecule has 2 aromatic rings. The van der Waals surface area contributed by atoms with Gasteiger partial charge in [0.25, 0.3) is 0 Å². The molecule has 2 aliphatic heterocycles. The summed E-state index contributed by atoms with van der Waals surface area (Å²) < 4.78 is 18.7. The van der Waals surface area contributed by atoms with E-state index < -0.39 is 11.7 Å². The predicted octanol–water partition coefficient (Wildman–Crippen LogP) is 6.12. The molecule has 0 bridgehead atoms. The van der Waals surface area contributed by atoms with Crippen molar-refractivity contribution < 1.29 is 19.3 Å². The quantitative estimate of drug-likeness (QED) is 0.589. The largest absolute Gasteiger partial charge is 0.491 e. The average molecular weight is 466 g/mol. The minimum atomic E-state index is -0.523. The third kappa shape index (κ3) is 4.06. The fourth-order valence-electron chi connectivity index (χ4n) is 6.16. The van der Waals surface area contributed by atoms with Crippen molar-refractivity contribution in [3.63, 3.8) is 0 Å². The lowest BCUT2D eigenvalue weighted by atomic mass is 9.70. The highest BCUT2D eigenvalue weighted by Crippen LogP contribution is 2.57. The Morgan fingerprint density at radius 2 is 1.71 bits per heavy atom. The van der Waals surface area contributed by atoms with E-state index in [0.717, 1.165) is 53.9 Å². The van der Waals surface area contributed by atoms with E-state index in [4.69, 9.17) is 19.2 Å². The Morgan fingerprint density at radius 1 is 1.03 bits per heavy atom. The van der Waals surface area contributed by atoms with Gasteiger partial charge in [-0.1, -0.05) is 39.8 Å². The van der Waals surface area contributed by atoms with Crippen molar-refractivity contribution >= 4 is 0 Å². The first kappa shape index (κ1) is 23.8. The molecule has 184 valence electrons. The van der Waals surface area contributed by atoms with E-state index >= 15 is 0 Å². The van der Waals surface area contributed by atoms with E-state index in [1.165, 1.54) is 11.1 Å². The maximum atomic E-state index is 11.4. The van der Waals surface area contributed by atoms with Gasteiger partial charge in [-0.15, -0.1) is 0 Å². The van der Waals surface area contributed by atoms with E-state index in [0.29, 0.717) is 13.2 Å². The highest BCUT2D eigenvalue weighted by Gasteiger charge is 2.52. The van der Waals surface area contributed by atoms with Gasteiger partial charge in [0.05, 0.1) is 17.8 Å². The fraction of sp³-hybridized carbons (Fsp3) is 0.621. The van der Waals surface area contributed by atoms with Crippen molar-refractivity contribution in [2.75, 3.05) is 13.2 Å². The van der Waals surface area contributed by atoms with Gasteiger partial charge in [0.15, 0.2) is 0 Å². The summed E-state index contributed by atoms with van der Waals surface area (Å²) in [6, 6.07) is 8.30. The molecule has 0 saturated carbocycles. The molecule has 34 heavy (non-hydrogen) atoms. The number of fused-ring (bicyclic) bond motifs is 4. The Balaban J connectivity index is 1.70. The molecule has 0 unspecified atom stereocenters. The number of aliphatic hydroxyl groups excluding tert-OH is 1. The van der Waals surface area contributed by atoms with Crippen molar-refractivity contribution in [3.05, 3.63) is 57.9 Å². The molecule has 1 aromatic carbocycles. The Morgan fingerprint density at radius 3 is 2.32 bits per heavy atom. The molecule has 5 heteroatoms. The summed E-state index contributed by atoms with van der Waals surface area (Å²) in [5.74, 6) is 1.12. The lowest BCUT2D eigenvalue weighted by molar-refractivity contribution is -0.122. The highest BCUT2D eigenvalue weighted by molar-refractivity contribution is 5.54. The molecule has 3 heterocycles. The smallest absolute Gasteiger partial charge is 0.119 e. The molecule has 2 atom stereocenters. The van der Waals surface area contributed by atoms with Crippen molar-refractivity contribution in [2.45, 2.75) is 97.1 Å². The molecule has 0 radical (unpaired) electrons. The first-order valence-electron chi connectivity index (χ1n) is 12.9. The van der Waals surface area contributed by atoms with E-state index in [2.05, 4.69) is 39.8 Å². The molecule has 1 fully saturated rings. The topological polar surface area (TPSA) is 60.8 Å². The summed E-state index contributed by atoms with van der Waals surface area (Å²) >= 11 is 0. The molecule has 0 amide bonds. The van der Waals surface area contributed by atoms with E-state index in [1.54, 1.807) is 0 Å². The fourth-order valence-corrected chi connectivity index (χ4v) is 6.16. The number of benzene rings is 1. The number of ether oxygens (including phenoxy) is 3. The third-order valence-corrected chi connectivity index (χ3v) is 7.57. The van der Waals surface area contributed by atoms with Crippen LogP contribution in [-0.4, -0.2) is 29.4 Å². The first-order chi connectivity index (χ1) is 16.1. The zero-order chi connectivity index (χ0) is 24.3. The van der Waals surface area contributed by atoms with Gasteiger partial charge in [-0.05, 0) is 61.3 Å². The Hall–Kier alpha value is -1.95. The van der Waals surface area contributed by atoms with Crippen molar-refractivity contribution in [1.82, 2.24) is 4.98 Å². The van der Waals surface area contributed by atoms with Gasteiger partial charge in [-0.3, -0.25) is 4.98 Å². The van der Waals surface area contributed by atoms with Gasteiger partial charge in [-0.25, -0.2) is 0 Å².